The Balaban J connectivity index is 1.35. The molecule has 0 unspecified atom stereocenters. The van der Waals surface area contributed by atoms with Crippen LogP contribution in [0.2, 0.25) is 0 Å². The third-order valence-electron chi connectivity index (χ3n) is 6.54. The molecule has 0 atom stereocenters. The normalized spacial score (nSPS) is 14.4. The minimum absolute atomic E-state index is 0.282. The molecule has 0 amide bonds. The zero-order valence-electron chi connectivity index (χ0n) is 19.6. The number of aromatic hydroxyl groups is 1. The lowest BCUT2D eigenvalue weighted by atomic mass is 9.98. The van der Waals surface area contributed by atoms with Gasteiger partial charge in [0.1, 0.15) is 23.9 Å². The van der Waals surface area contributed by atoms with Crippen molar-refractivity contribution < 1.29 is 14.6 Å². The highest BCUT2D eigenvalue weighted by Gasteiger charge is 2.16. The maximum absolute atomic E-state index is 10.1. The Labute approximate surface area is 205 Å². The zero-order valence-corrected chi connectivity index (χ0v) is 20.4. The quantitative estimate of drug-likeness (QED) is 0.308. The number of methoxy groups -OCH3 is 1. The summed E-state index contributed by atoms with van der Waals surface area (Å²) in [5.41, 5.74) is 3.54. The SMILES string of the molecule is COc1ccc2c(Cc3ccc(OCCN4CCCCC4)cc3)c(-c3cccc(O)c3)sc2c1. The van der Waals surface area contributed by atoms with Crippen LogP contribution in [0.25, 0.3) is 20.5 Å². The van der Waals surface area contributed by atoms with E-state index in [0.717, 1.165) is 36.6 Å². The van der Waals surface area contributed by atoms with Crippen molar-refractivity contribution >= 4 is 21.4 Å². The van der Waals surface area contributed by atoms with E-state index in [0.29, 0.717) is 0 Å². The van der Waals surface area contributed by atoms with E-state index in [1.54, 1.807) is 24.5 Å². The maximum atomic E-state index is 10.1. The van der Waals surface area contributed by atoms with E-state index >= 15 is 0 Å². The topological polar surface area (TPSA) is 41.9 Å². The molecule has 0 spiro atoms. The minimum Gasteiger partial charge on any atom is -0.508 e. The molecule has 1 fully saturated rings. The number of hydrogen-bond donors (Lipinski definition) is 1. The van der Waals surface area contributed by atoms with Crippen molar-refractivity contribution in [3.63, 3.8) is 0 Å². The number of fused-ring (bicyclic) bond motifs is 1. The molecule has 4 nitrogen and oxygen atoms in total. The van der Waals surface area contributed by atoms with Gasteiger partial charge in [0.15, 0.2) is 0 Å². The fourth-order valence-electron chi connectivity index (χ4n) is 4.70. The van der Waals surface area contributed by atoms with Crippen LogP contribution in [0, 0.1) is 0 Å². The van der Waals surface area contributed by atoms with Gasteiger partial charge in [-0.15, -0.1) is 11.3 Å². The summed E-state index contributed by atoms with van der Waals surface area (Å²) in [4.78, 5) is 3.68. The number of phenols is 1. The number of likely N-dealkylation sites (tertiary alicyclic amines) is 1. The lowest BCUT2D eigenvalue weighted by Gasteiger charge is -2.26. The number of nitrogens with zero attached hydrogens (tertiary/aromatic N) is 1. The molecule has 3 aromatic carbocycles. The molecule has 0 bridgehead atoms. The third kappa shape index (κ3) is 5.21. The smallest absolute Gasteiger partial charge is 0.120 e. The number of rotatable bonds is 8. The second kappa shape index (κ2) is 10.5. The molecular weight excluding hydrogens is 442 g/mol. The van der Waals surface area contributed by atoms with Crippen LogP contribution in [0.15, 0.2) is 66.7 Å². The van der Waals surface area contributed by atoms with E-state index < -0.39 is 0 Å². The molecule has 2 heterocycles. The second-order valence-electron chi connectivity index (χ2n) is 8.89. The van der Waals surface area contributed by atoms with E-state index in [-0.39, 0.29) is 5.75 Å². The first-order valence-corrected chi connectivity index (χ1v) is 12.8. The summed E-state index contributed by atoms with van der Waals surface area (Å²) in [5, 5.41) is 11.3. The Morgan fingerprint density at radius 2 is 1.71 bits per heavy atom. The fraction of sp³-hybridized carbons (Fsp3) is 0.310. The number of ether oxygens (including phenoxy) is 2. The second-order valence-corrected chi connectivity index (χ2v) is 9.95. The summed E-state index contributed by atoms with van der Waals surface area (Å²) in [6.07, 6.45) is 4.79. The van der Waals surface area contributed by atoms with Crippen molar-refractivity contribution in [1.82, 2.24) is 4.90 Å². The third-order valence-corrected chi connectivity index (χ3v) is 7.78. The van der Waals surface area contributed by atoms with Crippen LogP contribution in [0.5, 0.6) is 17.2 Å². The van der Waals surface area contributed by atoms with Crippen molar-refractivity contribution in [3.05, 3.63) is 77.9 Å². The first-order chi connectivity index (χ1) is 16.7. The standard InChI is InChI=1S/C29H31NO3S/c1-32-25-12-13-26-27(29(34-28(26)20-25)22-6-5-7-23(31)19-22)18-21-8-10-24(11-9-21)33-17-16-30-14-3-2-4-15-30/h5-13,19-20,31H,2-4,14-18H2,1H3. The first-order valence-electron chi connectivity index (χ1n) is 12.0. The average molecular weight is 474 g/mol. The van der Waals surface area contributed by atoms with E-state index in [4.69, 9.17) is 9.47 Å². The summed E-state index contributed by atoms with van der Waals surface area (Å²) >= 11 is 1.74. The van der Waals surface area contributed by atoms with Gasteiger partial charge in [0.05, 0.1) is 7.11 Å². The zero-order chi connectivity index (χ0) is 23.3. The predicted octanol–water partition coefficient (Wildman–Crippen LogP) is 6.74. The van der Waals surface area contributed by atoms with Crippen LogP contribution in [0.3, 0.4) is 0 Å². The molecule has 34 heavy (non-hydrogen) atoms. The van der Waals surface area contributed by atoms with Crippen LogP contribution < -0.4 is 9.47 Å². The summed E-state index contributed by atoms with van der Waals surface area (Å²) in [7, 11) is 1.70. The molecule has 0 saturated carbocycles. The fourth-order valence-corrected chi connectivity index (χ4v) is 5.94. The Morgan fingerprint density at radius 1 is 0.912 bits per heavy atom. The summed E-state index contributed by atoms with van der Waals surface area (Å²) < 4.78 is 12.7. The van der Waals surface area contributed by atoms with Gasteiger partial charge in [-0.1, -0.05) is 30.7 Å². The highest BCUT2D eigenvalue weighted by Crippen LogP contribution is 2.42. The molecule has 0 aliphatic carbocycles. The molecule has 176 valence electrons. The van der Waals surface area contributed by atoms with E-state index in [1.807, 2.05) is 18.2 Å². The predicted molar refractivity (Wildman–Crippen MR) is 141 cm³/mol. The highest BCUT2D eigenvalue weighted by atomic mass is 32.1. The number of hydrogen-bond acceptors (Lipinski definition) is 5. The molecule has 1 saturated heterocycles. The van der Waals surface area contributed by atoms with Crippen LogP contribution in [0.1, 0.15) is 30.4 Å². The molecular formula is C29H31NO3S. The largest absolute Gasteiger partial charge is 0.508 e. The molecule has 5 heteroatoms. The van der Waals surface area contributed by atoms with Crippen LogP contribution in [0.4, 0.5) is 0 Å². The Kier molecular flexibility index (Phi) is 7.02. The maximum Gasteiger partial charge on any atom is 0.120 e. The Hall–Kier alpha value is -3.02. The van der Waals surface area contributed by atoms with Gasteiger partial charge in [0, 0.05) is 16.1 Å². The van der Waals surface area contributed by atoms with Gasteiger partial charge in [0.25, 0.3) is 0 Å². The molecule has 1 aromatic heterocycles. The highest BCUT2D eigenvalue weighted by molar-refractivity contribution is 7.22. The van der Waals surface area contributed by atoms with Crippen molar-refractivity contribution in [2.24, 2.45) is 0 Å². The van der Waals surface area contributed by atoms with Gasteiger partial charge >= 0.3 is 0 Å². The Morgan fingerprint density at radius 3 is 2.47 bits per heavy atom. The monoisotopic (exact) mass is 473 g/mol. The lowest BCUT2D eigenvalue weighted by molar-refractivity contribution is 0.183. The summed E-state index contributed by atoms with van der Waals surface area (Å²) in [6, 6.07) is 22.2. The van der Waals surface area contributed by atoms with Crippen LogP contribution in [-0.4, -0.2) is 43.4 Å². The Bertz CT molecular complexity index is 1240. The minimum atomic E-state index is 0.282. The van der Waals surface area contributed by atoms with Gasteiger partial charge in [-0.25, -0.2) is 0 Å². The molecule has 1 N–H and O–H groups in total. The van der Waals surface area contributed by atoms with Gasteiger partial charge < -0.3 is 14.6 Å². The van der Waals surface area contributed by atoms with Crippen LogP contribution >= 0.6 is 11.3 Å². The molecule has 1 aliphatic rings. The molecule has 4 aromatic rings. The summed E-state index contributed by atoms with van der Waals surface area (Å²) in [6.45, 7) is 4.13. The number of benzene rings is 3. The number of thiophene rings is 1. The van der Waals surface area contributed by atoms with Crippen molar-refractivity contribution in [2.75, 3.05) is 33.4 Å². The van der Waals surface area contributed by atoms with Crippen molar-refractivity contribution in [2.45, 2.75) is 25.7 Å². The number of phenolic OH excluding ortho intramolecular Hbond substituents is 1. The average Bonchev–Trinajstić information content (AvgIpc) is 3.23. The molecule has 1 aliphatic heterocycles. The van der Waals surface area contributed by atoms with Gasteiger partial charge in [0.2, 0.25) is 0 Å². The van der Waals surface area contributed by atoms with Crippen molar-refractivity contribution in [3.8, 4) is 27.7 Å². The van der Waals surface area contributed by atoms with E-state index in [2.05, 4.69) is 47.4 Å². The van der Waals surface area contributed by atoms with E-state index in [9.17, 15) is 5.11 Å². The van der Waals surface area contributed by atoms with Crippen LogP contribution in [-0.2, 0) is 6.42 Å². The molecule has 0 radical (unpaired) electrons. The van der Waals surface area contributed by atoms with Gasteiger partial charge in [-0.3, -0.25) is 4.90 Å². The lowest BCUT2D eigenvalue weighted by Crippen LogP contribution is -2.33. The number of piperidine rings is 1. The van der Waals surface area contributed by atoms with Gasteiger partial charge in [-0.05, 0) is 96.9 Å². The van der Waals surface area contributed by atoms with Gasteiger partial charge in [-0.2, -0.15) is 0 Å². The summed E-state index contributed by atoms with van der Waals surface area (Å²) in [5.74, 6) is 2.06. The first kappa shape index (κ1) is 22.8. The van der Waals surface area contributed by atoms with E-state index in [1.165, 1.54) is 58.4 Å². The van der Waals surface area contributed by atoms with Crippen molar-refractivity contribution in [1.29, 1.82) is 0 Å². The molecule has 5 rings (SSSR count).